The average Bonchev–Trinajstić information content (AvgIpc) is 3.04. The zero-order valence-corrected chi connectivity index (χ0v) is 16.0. The van der Waals surface area contributed by atoms with E-state index >= 15 is 0 Å². The molecule has 0 saturated heterocycles. The van der Waals surface area contributed by atoms with Crippen LogP contribution in [-0.2, 0) is 19.6 Å². The molecule has 0 spiro atoms. The number of sulfonamides is 1. The zero-order valence-electron chi connectivity index (χ0n) is 14.3. The maximum Gasteiger partial charge on any atom is 0.338 e. The second-order valence-electron chi connectivity index (χ2n) is 5.42. The van der Waals surface area contributed by atoms with Crippen LogP contribution in [0.4, 0.5) is 10.8 Å². The third-order valence-electron chi connectivity index (χ3n) is 3.04. The van der Waals surface area contributed by atoms with Crippen LogP contribution in [-0.4, -0.2) is 37.1 Å². The topological polar surface area (TPSA) is 127 Å². The number of nitrogens with one attached hydrogen (secondary N) is 2. The highest BCUT2D eigenvalue weighted by molar-refractivity contribution is 7.94. The summed E-state index contributed by atoms with van der Waals surface area (Å²) in [5.41, 5.74) is 0.561. The lowest BCUT2D eigenvalue weighted by Gasteiger charge is -2.06. The summed E-state index contributed by atoms with van der Waals surface area (Å²) in [6.45, 7) is 5.35. The predicted molar refractivity (Wildman–Crippen MR) is 96.6 cm³/mol. The molecule has 2 rings (SSSR count). The van der Waals surface area contributed by atoms with Crippen molar-refractivity contribution in [3.8, 4) is 0 Å². The van der Waals surface area contributed by atoms with Crippen LogP contribution < -0.4 is 10.0 Å². The van der Waals surface area contributed by atoms with Crippen LogP contribution in [0.3, 0.4) is 0 Å². The fourth-order valence-electron chi connectivity index (χ4n) is 1.71. The minimum absolute atomic E-state index is 0.0988. The molecule has 1 heterocycles. The predicted octanol–water partition coefficient (Wildman–Crippen LogP) is 2.11. The average molecular weight is 398 g/mol. The molecule has 0 saturated carbocycles. The molecule has 2 aromatic rings. The number of benzene rings is 1. The second kappa shape index (κ2) is 8.23. The lowest BCUT2D eigenvalue weighted by molar-refractivity contribution is -0.118. The first kappa shape index (κ1) is 19.8. The summed E-state index contributed by atoms with van der Waals surface area (Å²) in [5, 5.41) is 9.85. The molecular formula is C15H18N4O5S2. The molecule has 26 heavy (non-hydrogen) atoms. The third-order valence-corrected chi connectivity index (χ3v) is 5.63. The Balaban J connectivity index is 2.10. The van der Waals surface area contributed by atoms with Crippen molar-refractivity contribution in [3.63, 3.8) is 0 Å². The summed E-state index contributed by atoms with van der Waals surface area (Å²) >= 11 is 0.741. The van der Waals surface area contributed by atoms with Gasteiger partial charge in [0, 0.05) is 11.6 Å². The molecule has 0 radical (unpaired) electrons. The van der Waals surface area contributed by atoms with E-state index in [1.165, 1.54) is 24.3 Å². The van der Waals surface area contributed by atoms with E-state index in [-0.39, 0.29) is 33.6 Å². The number of aromatic nitrogens is 2. The Hall–Kier alpha value is -2.53. The van der Waals surface area contributed by atoms with Crippen molar-refractivity contribution in [1.82, 2.24) is 10.2 Å². The Morgan fingerprint density at radius 1 is 1.19 bits per heavy atom. The standard InChI is InChI=1S/C15H18N4O5S2/c1-4-24-13(21)10-5-7-11(8-6-10)19-26(22,23)15-18-17-14(25-15)16-12(20)9(2)3/h5-9,19H,4H2,1-3H3,(H,16,17,20). The van der Waals surface area contributed by atoms with Gasteiger partial charge in [0.15, 0.2) is 0 Å². The molecule has 0 unspecified atom stereocenters. The van der Waals surface area contributed by atoms with Gasteiger partial charge < -0.3 is 10.1 Å². The van der Waals surface area contributed by atoms with E-state index in [1.54, 1.807) is 20.8 Å². The van der Waals surface area contributed by atoms with Gasteiger partial charge in [0.2, 0.25) is 11.0 Å². The molecule has 11 heteroatoms. The Kier molecular flexibility index (Phi) is 6.27. The van der Waals surface area contributed by atoms with E-state index in [1.807, 2.05) is 0 Å². The monoisotopic (exact) mass is 398 g/mol. The van der Waals surface area contributed by atoms with Gasteiger partial charge >= 0.3 is 5.97 Å². The molecule has 1 aromatic carbocycles. The van der Waals surface area contributed by atoms with Crippen LogP contribution >= 0.6 is 11.3 Å². The molecule has 0 fully saturated rings. The van der Waals surface area contributed by atoms with Crippen LogP contribution in [0, 0.1) is 5.92 Å². The van der Waals surface area contributed by atoms with Gasteiger partial charge in [-0.15, -0.1) is 10.2 Å². The first-order valence-corrected chi connectivity index (χ1v) is 9.97. The van der Waals surface area contributed by atoms with Gasteiger partial charge in [-0.3, -0.25) is 9.52 Å². The van der Waals surface area contributed by atoms with Crippen molar-refractivity contribution < 1.29 is 22.7 Å². The molecule has 1 aromatic heterocycles. The maximum absolute atomic E-state index is 12.3. The quantitative estimate of drug-likeness (QED) is 0.540. The molecular weight excluding hydrogens is 380 g/mol. The highest BCUT2D eigenvalue weighted by atomic mass is 32.2. The number of carbonyl (C=O) groups is 2. The number of nitrogens with zero attached hydrogens (tertiary/aromatic N) is 2. The summed E-state index contributed by atoms with van der Waals surface area (Å²) < 4.78 is 31.6. The van der Waals surface area contributed by atoms with Gasteiger partial charge in [-0.2, -0.15) is 8.42 Å². The highest BCUT2D eigenvalue weighted by Gasteiger charge is 2.21. The van der Waals surface area contributed by atoms with Crippen LogP contribution in [0.25, 0.3) is 0 Å². The number of ether oxygens (including phenoxy) is 1. The van der Waals surface area contributed by atoms with Crippen LogP contribution in [0.15, 0.2) is 28.6 Å². The second-order valence-corrected chi connectivity index (χ2v) is 8.25. The van der Waals surface area contributed by atoms with Crippen molar-refractivity contribution in [3.05, 3.63) is 29.8 Å². The smallest absolute Gasteiger partial charge is 0.338 e. The number of hydrogen-bond acceptors (Lipinski definition) is 8. The SMILES string of the molecule is CCOC(=O)c1ccc(NS(=O)(=O)c2nnc(NC(=O)C(C)C)s2)cc1. The first-order chi connectivity index (χ1) is 12.2. The number of hydrogen-bond donors (Lipinski definition) is 2. The molecule has 9 nitrogen and oxygen atoms in total. The van der Waals surface area contributed by atoms with E-state index in [4.69, 9.17) is 4.74 Å². The largest absolute Gasteiger partial charge is 0.462 e. The van der Waals surface area contributed by atoms with Crippen molar-refractivity contribution >= 4 is 44.1 Å². The van der Waals surface area contributed by atoms with Crippen molar-refractivity contribution in [2.75, 3.05) is 16.6 Å². The zero-order chi connectivity index (χ0) is 19.3. The molecule has 0 bridgehead atoms. The van der Waals surface area contributed by atoms with Gasteiger partial charge in [-0.05, 0) is 31.2 Å². The number of amides is 1. The molecule has 0 aliphatic heterocycles. The minimum atomic E-state index is -3.96. The fourth-order valence-corrected chi connectivity index (χ4v) is 3.67. The first-order valence-electron chi connectivity index (χ1n) is 7.67. The van der Waals surface area contributed by atoms with Crippen molar-refractivity contribution in [2.45, 2.75) is 25.1 Å². The molecule has 0 aliphatic carbocycles. The molecule has 0 aliphatic rings. The Morgan fingerprint density at radius 3 is 2.42 bits per heavy atom. The van der Waals surface area contributed by atoms with Crippen LogP contribution in [0.2, 0.25) is 0 Å². The third kappa shape index (κ3) is 4.99. The van der Waals surface area contributed by atoms with E-state index in [2.05, 4.69) is 20.2 Å². The summed E-state index contributed by atoms with van der Waals surface area (Å²) in [5.74, 6) is -1.04. The van der Waals surface area contributed by atoms with E-state index in [0.29, 0.717) is 5.56 Å². The number of esters is 1. The van der Waals surface area contributed by atoms with Crippen LogP contribution in [0.5, 0.6) is 0 Å². The van der Waals surface area contributed by atoms with Crippen molar-refractivity contribution in [1.29, 1.82) is 0 Å². The summed E-state index contributed by atoms with van der Waals surface area (Å²) in [4.78, 5) is 23.2. The summed E-state index contributed by atoms with van der Waals surface area (Å²) in [6, 6.07) is 5.77. The minimum Gasteiger partial charge on any atom is -0.462 e. The van der Waals surface area contributed by atoms with E-state index < -0.39 is 16.0 Å². The lowest BCUT2D eigenvalue weighted by Crippen LogP contribution is -2.17. The van der Waals surface area contributed by atoms with Crippen molar-refractivity contribution in [2.24, 2.45) is 5.92 Å². The highest BCUT2D eigenvalue weighted by Crippen LogP contribution is 2.23. The Bertz CT molecular complexity index is 891. The number of anilines is 2. The molecule has 2 N–H and O–H groups in total. The summed E-state index contributed by atoms with van der Waals surface area (Å²) in [6.07, 6.45) is 0. The number of rotatable bonds is 7. The van der Waals surface area contributed by atoms with Gasteiger partial charge in [0.05, 0.1) is 12.2 Å². The maximum atomic E-state index is 12.3. The van der Waals surface area contributed by atoms with Gasteiger partial charge in [-0.25, -0.2) is 4.79 Å². The van der Waals surface area contributed by atoms with Gasteiger partial charge in [-0.1, -0.05) is 25.2 Å². The Morgan fingerprint density at radius 2 is 1.85 bits per heavy atom. The molecule has 140 valence electrons. The van der Waals surface area contributed by atoms with Gasteiger partial charge in [0.25, 0.3) is 14.4 Å². The molecule has 1 amide bonds. The number of carbonyl (C=O) groups excluding carboxylic acids is 2. The summed E-state index contributed by atoms with van der Waals surface area (Å²) in [7, 11) is -3.96. The lowest BCUT2D eigenvalue weighted by atomic mass is 10.2. The van der Waals surface area contributed by atoms with Crippen LogP contribution in [0.1, 0.15) is 31.1 Å². The fraction of sp³-hybridized carbons (Fsp3) is 0.333. The van der Waals surface area contributed by atoms with Gasteiger partial charge in [0.1, 0.15) is 0 Å². The Labute approximate surface area is 154 Å². The molecule has 0 atom stereocenters. The normalized spacial score (nSPS) is 11.2. The van der Waals surface area contributed by atoms with E-state index in [0.717, 1.165) is 11.3 Å². The van der Waals surface area contributed by atoms with E-state index in [9.17, 15) is 18.0 Å².